The lowest BCUT2D eigenvalue weighted by Gasteiger charge is -2.40. The van der Waals surface area contributed by atoms with Crippen molar-refractivity contribution in [1.82, 2.24) is 10.2 Å². The van der Waals surface area contributed by atoms with Crippen molar-refractivity contribution in [2.45, 2.75) is 64.7 Å². The van der Waals surface area contributed by atoms with E-state index in [1.807, 2.05) is 27.7 Å². The van der Waals surface area contributed by atoms with Crippen LogP contribution in [0.5, 0.6) is 0 Å². The Kier molecular flexibility index (Phi) is 5.02. The van der Waals surface area contributed by atoms with Gasteiger partial charge in [0.1, 0.15) is 11.7 Å². The Bertz CT molecular complexity index is 366. The van der Waals surface area contributed by atoms with E-state index >= 15 is 0 Å². The third-order valence-electron chi connectivity index (χ3n) is 3.34. The number of nitrogens with one attached hydrogen (secondary N) is 1. The van der Waals surface area contributed by atoms with Gasteiger partial charge in [0.2, 0.25) is 0 Å². The predicted molar refractivity (Wildman–Crippen MR) is 75.3 cm³/mol. The van der Waals surface area contributed by atoms with Crippen molar-refractivity contribution < 1.29 is 19.4 Å². The van der Waals surface area contributed by atoms with Crippen molar-refractivity contribution in [3.8, 4) is 0 Å². The van der Waals surface area contributed by atoms with Crippen molar-refractivity contribution in [2.24, 2.45) is 0 Å². The van der Waals surface area contributed by atoms with Crippen LogP contribution in [0.3, 0.4) is 0 Å². The second kappa shape index (κ2) is 5.99. The molecule has 0 aliphatic carbocycles. The number of alkyl carbamates (subject to hydrolysis) is 1. The lowest BCUT2D eigenvalue weighted by Crippen LogP contribution is -2.56. The molecule has 1 heterocycles. The molecule has 6 nitrogen and oxygen atoms in total. The molecule has 1 aliphatic heterocycles. The molecule has 0 saturated carbocycles. The second-order valence-electron chi connectivity index (χ2n) is 6.69. The average molecular weight is 286 g/mol. The van der Waals surface area contributed by atoms with Crippen molar-refractivity contribution in [2.75, 3.05) is 13.1 Å². The summed E-state index contributed by atoms with van der Waals surface area (Å²) >= 11 is 0. The summed E-state index contributed by atoms with van der Waals surface area (Å²) in [7, 11) is 0. The molecule has 116 valence electrons. The van der Waals surface area contributed by atoms with Crippen LogP contribution in [0.2, 0.25) is 0 Å². The summed E-state index contributed by atoms with van der Waals surface area (Å²) in [5, 5.41) is 12.2. The van der Waals surface area contributed by atoms with Crippen molar-refractivity contribution in [3.05, 3.63) is 0 Å². The van der Waals surface area contributed by atoms with Gasteiger partial charge in [-0.1, -0.05) is 0 Å². The highest BCUT2D eigenvalue weighted by atomic mass is 16.6. The topological polar surface area (TPSA) is 78.9 Å². The molecule has 1 rings (SSSR count). The van der Waals surface area contributed by atoms with Crippen LogP contribution in [-0.4, -0.2) is 52.3 Å². The third-order valence-corrected chi connectivity index (χ3v) is 3.34. The summed E-state index contributed by atoms with van der Waals surface area (Å²) in [6.07, 6.45) is -0.122. The highest BCUT2D eigenvalue weighted by Gasteiger charge is 2.35. The number of carbonyl (C=O) groups excluding carboxylic acids is 2. The SMILES string of the molecule is C[C@@H](O)C(=O)N1CCC(C)(NC(=O)OC(C)(C)C)CC1. The molecule has 1 aliphatic rings. The van der Waals surface area contributed by atoms with Crippen molar-refractivity contribution in [3.63, 3.8) is 0 Å². The number of aliphatic hydroxyl groups is 1. The standard InChI is InChI=1S/C14H26N2O4/c1-10(17)11(18)16-8-6-14(5,7-9-16)15-12(19)20-13(2,3)4/h10,17H,6-9H2,1-5H3,(H,15,19)/t10-/m1/s1. The second-order valence-corrected chi connectivity index (χ2v) is 6.69. The minimum atomic E-state index is -0.974. The van der Waals surface area contributed by atoms with E-state index in [0.717, 1.165) is 0 Å². The number of rotatable bonds is 2. The Morgan fingerprint density at radius 3 is 2.20 bits per heavy atom. The van der Waals surface area contributed by atoms with E-state index in [1.165, 1.54) is 6.92 Å². The molecule has 1 fully saturated rings. The summed E-state index contributed by atoms with van der Waals surface area (Å²) in [6, 6.07) is 0. The van der Waals surface area contributed by atoms with Crippen LogP contribution in [0.15, 0.2) is 0 Å². The Morgan fingerprint density at radius 2 is 1.80 bits per heavy atom. The third kappa shape index (κ3) is 5.00. The molecule has 0 aromatic heterocycles. The molecule has 20 heavy (non-hydrogen) atoms. The zero-order chi connectivity index (χ0) is 15.6. The van der Waals surface area contributed by atoms with Gasteiger partial charge in [-0.2, -0.15) is 0 Å². The van der Waals surface area contributed by atoms with Crippen LogP contribution in [0.4, 0.5) is 4.79 Å². The highest BCUT2D eigenvalue weighted by molar-refractivity contribution is 5.80. The number of hydrogen-bond donors (Lipinski definition) is 2. The van der Waals surface area contributed by atoms with Gasteiger partial charge in [-0.3, -0.25) is 4.79 Å². The number of amides is 2. The van der Waals surface area contributed by atoms with Gasteiger partial charge < -0.3 is 20.1 Å². The van der Waals surface area contributed by atoms with Crippen LogP contribution in [0, 0.1) is 0 Å². The summed E-state index contributed by atoms with van der Waals surface area (Å²) < 4.78 is 5.25. The smallest absolute Gasteiger partial charge is 0.408 e. The number of carbonyl (C=O) groups is 2. The number of nitrogens with zero attached hydrogens (tertiary/aromatic N) is 1. The molecule has 0 bridgehead atoms. The van der Waals surface area contributed by atoms with Gasteiger partial charge in [0.25, 0.3) is 5.91 Å². The number of ether oxygens (including phenoxy) is 1. The molecule has 0 radical (unpaired) electrons. The number of likely N-dealkylation sites (tertiary alicyclic amines) is 1. The average Bonchev–Trinajstić information content (AvgIpc) is 2.25. The van der Waals surface area contributed by atoms with Crippen LogP contribution in [0.25, 0.3) is 0 Å². The van der Waals surface area contributed by atoms with E-state index in [9.17, 15) is 14.7 Å². The molecule has 1 saturated heterocycles. The van der Waals surface area contributed by atoms with E-state index in [-0.39, 0.29) is 11.4 Å². The highest BCUT2D eigenvalue weighted by Crippen LogP contribution is 2.23. The molecule has 2 amide bonds. The monoisotopic (exact) mass is 286 g/mol. The van der Waals surface area contributed by atoms with Crippen molar-refractivity contribution in [1.29, 1.82) is 0 Å². The van der Waals surface area contributed by atoms with Crippen molar-refractivity contribution >= 4 is 12.0 Å². The maximum absolute atomic E-state index is 11.8. The fraction of sp³-hybridized carbons (Fsp3) is 0.857. The molecule has 2 N–H and O–H groups in total. The van der Waals surface area contributed by atoms with Gasteiger partial charge in [0.05, 0.1) is 0 Å². The summed E-state index contributed by atoms with van der Waals surface area (Å²) in [5.74, 6) is -0.260. The summed E-state index contributed by atoms with van der Waals surface area (Å²) in [5.41, 5.74) is -0.902. The number of hydrogen-bond acceptors (Lipinski definition) is 4. The zero-order valence-electron chi connectivity index (χ0n) is 13.0. The molecule has 6 heteroatoms. The lowest BCUT2D eigenvalue weighted by atomic mass is 9.89. The number of aliphatic hydroxyl groups excluding tert-OH is 1. The minimum Gasteiger partial charge on any atom is -0.444 e. The predicted octanol–water partition coefficient (Wildman–Crippen LogP) is 1.27. The lowest BCUT2D eigenvalue weighted by molar-refractivity contribution is -0.140. The molecular formula is C14H26N2O4. The molecule has 0 aromatic carbocycles. The summed E-state index contributed by atoms with van der Waals surface area (Å²) in [6.45, 7) is 9.92. The molecule has 1 atom stereocenters. The maximum atomic E-state index is 11.8. The van der Waals surface area contributed by atoms with E-state index in [4.69, 9.17) is 4.74 Å². The quantitative estimate of drug-likeness (QED) is 0.801. The fourth-order valence-electron chi connectivity index (χ4n) is 2.16. The van der Waals surface area contributed by atoms with E-state index in [0.29, 0.717) is 25.9 Å². The van der Waals surface area contributed by atoms with Gasteiger partial charge in [-0.25, -0.2) is 4.79 Å². The fourth-order valence-corrected chi connectivity index (χ4v) is 2.16. The van der Waals surface area contributed by atoms with E-state index in [2.05, 4.69) is 5.32 Å². The van der Waals surface area contributed by atoms with Crippen LogP contribution >= 0.6 is 0 Å². The Morgan fingerprint density at radius 1 is 1.30 bits per heavy atom. The van der Waals surface area contributed by atoms with Crippen LogP contribution in [0.1, 0.15) is 47.5 Å². The van der Waals surface area contributed by atoms with Gasteiger partial charge in [-0.15, -0.1) is 0 Å². The molecular weight excluding hydrogens is 260 g/mol. The molecule has 0 aromatic rings. The first-order valence-electron chi connectivity index (χ1n) is 7.00. The molecule has 0 unspecified atom stereocenters. The van der Waals surface area contributed by atoms with Crippen LogP contribution < -0.4 is 5.32 Å². The first-order chi connectivity index (χ1) is 9.02. The minimum absolute atomic E-state index is 0.260. The largest absolute Gasteiger partial charge is 0.444 e. The maximum Gasteiger partial charge on any atom is 0.408 e. The number of piperidine rings is 1. The van der Waals surface area contributed by atoms with Gasteiger partial charge in [0, 0.05) is 18.6 Å². The van der Waals surface area contributed by atoms with Gasteiger partial charge in [0.15, 0.2) is 0 Å². The van der Waals surface area contributed by atoms with Gasteiger partial charge >= 0.3 is 6.09 Å². The van der Waals surface area contributed by atoms with Crippen LogP contribution in [-0.2, 0) is 9.53 Å². The Balaban J connectivity index is 2.50. The van der Waals surface area contributed by atoms with E-state index < -0.39 is 17.8 Å². The zero-order valence-corrected chi connectivity index (χ0v) is 13.0. The van der Waals surface area contributed by atoms with Gasteiger partial charge in [-0.05, 0) is 47.5 Å². The first-order valence-corrected chi connectivity index (χ1v) is 7.00. The normalized spacial score (nSPS) is 20.2. The Labute approximate surface area is 120 Å². The summed E-state index contributed by atoms with van der Waals surface area (Å²) in [4.78, 5) is 25.1. The Hall–Kier alpha value is -1.30. The molecule has 0 spiro atoms. The van der Waals surface area contributed by atoms with E-state index in [1.54, 1.807) is 4.90 Å². The first kappa shape index (κ1) is 16.8.